The first kappa shape index (κ1) is 15.3. The van der Waals surface area contributed by atoms with Crippen LogP contribution in [0, 0.1) is 5.82 Å². The van der Waals surface area contributed by atoms with Crippen molar-refractivity contribution >= 4 is 23.1 Å². The molecule has 0 unspecified atom stereocenters. The highest BCUT2D eigenvalue weighted by Gasteiger charge is 2.05. The Labute approximate surface area is 144 Å². The van der Waals surface area contributed by atoms with Crippen molar-refractivity contribution in [2.75, 3.05) is 0 Å². The van der Waals surface area contributed by atoms with Crippen molar-refractivity contribution in [3.8, 4) is 0 Å². The van der Waals surface area contributed by atoms with Crippen LogP contribution >= 0.6 is 0 Å². The van der Waals surface area contributed by atoms with E-state index >= 15 is 0 Å². The van der Waals surface area contributed by atoms with E-state index in [1.54, 1.807) is 18.3 Å². The maximum absolute atomic E-state index is 13.4. The van der Waals surface area contributed by atoms with E-state index < -0.39 is 0 Å². The van der Waals surface area contributed by atoms with Gasteiger partial charge in [0.1, 0.15) is 5.82 Å². The fourth-order valence-electron chi connectivity index (χ4n) is 2.84. The number of pyridine rings is 1. The van der Waals surface area contributed by atoms with Crippen LogP contribution in [-0.4, -0.2) is 15.2 Å². The summed E-state index contributed by atoms with van der Waals surface area (Å²) in [6.07, 6.45) is 6.34. The highest BCUT2D eigenvalue weighted by Crippen LogP contribution is 2.21. The molecule has 0 atom stereocenters. The number of benzene rings is 2. The lowest BCUT2D eigenvalue weighted by molar-refractivity contribution is 0.626. The Kier molecular flexibility index (Phi) is 4.09. The van der Waals surface area contributed by atoms with Gasteiger partial charge in [-0.15, -0.1) is 0 Å². The SMILES string of the molecule is Fc1cccc(Cc2ccc3[nH]nc(/C=C/c4ccccn4)c3c2)c1. The summed E-state index contributed by atoms with van der Waals surface area (Å²) >= 11 is 0. The Morgan fingerprint density at radius 3 is 2.68 bits per heavy atom. The molecule has 0 bridgehead atoms. The van der Waals surface area contributed by atoms with Gasteiger partial charge in [0.2, 0.25) is 0 Å². The van der Waals surface area contributed by atoms with Crippen LogP contribution in [-0.2, 0) is 6.42 Å². The molecule has 2 aromatic heterocycles. The van der Waals surface area contributed by atoms with Gasteiger partial charge < -0.3 is 0 Å². The van der Waals surface area contributed by atoms with Gasteiger partial charge in [0.05, 0.1) is 16.9 Å². The van der Waals surface area contributed by atoms with Gasteiger partial charge >= 0.3 is 0 Å². The van der Waals surface area contributed by atoms with Gasteiger partial charge in [-0.05, 0) is 66.1 Å². The minimum atomic E-state index is -0.208. The second-order valence-electron chi connectivity index (χ2n) is 5.88. The van der Waals surface area contributed by atoms with Crippen molar-refractivity contribution in [3.63, 3.8) is 0 Å². The lowest BCUT2D eigenvalue weighted by Gasteiger charge is -2.03. The number of nitrogens with one attached hydrogen (secondary N) is 1. The van der Waals surface area contributed by atoms with Crippen molar-refractivity contribution in [1.29, 1.82) is 0 Å². The molecule has 0 amide bonds. The maximum Gasteiger partial charge on any atom is 0.123 e. The van der Waals surface area contributed by atoms with E-state index in [1.165, 1.54) is 6.07 Å². The fourth-order valence-corrected chi connectivity index (χ4v) is 2.84. The van der Waals surface area contributed by atoms with Crippen molar-refractivity contribution in [1.82, 2.24) is 15.2 Å². The molecule has 0 radical (unpaired) electrons. The van der Waals surface area contributed by atoms with Crippen LogP contribution in [0.4, 0.5) is 4.39 Å². The van der Waals surface area contributed by atoms with E-state index in [1.807, 2.05) is 48.6 Å². The van der Waals surface area contributed by atoms with E-state index in [9.17, 15) is 4.39 Å². The van der Waals surface area contributed by atoms with Crippen LogP contribution in [0.2, 0.25) is 0 Å². The molecular formula is C21H16FN3. The summed E-state index contributed by atoms with van der Waals surface area (Å²) in [4.78, 5) is 4.28. The van der Waals surface area contributed by atoms with Gasteiger partial charge in [-0.25, -0.2) is 4.39 Å². The van der Waals surface area contributed by atoms with E-state index in [2.05, 4.69) is 21.2 Å². The van der Waals surface area contributed by atoms with E-state index in [-0.39, 0.29) is 5.82 Å². The number of hydrogen-bond donors (Lipinski definition) is 1. The normalized spacial score (nSPS) is 11.4. The predicted octanol–water partition coefficient (Wildman–Crippen LogP) is 4.86. The molecule has 1 N–H and O–H groups in total. The zero-order chi connectivity index (χ0) is 17.1. The van der Waals surface area contributed by atoms with Crippen molar-refractivity contribution in [2.45, 2.75) is 6.42 Å². The fraction of sp³-hybridized carbons (Fsp3) is 0.0476. The van der Waals surface area contributed by atoms with Crippen LogP contribution in [0.25, 0.3) is 23.1 Å². The zero-order valence-corrected chi connectivity index (χ0v) is 13.5. The number of aromatic amines is 1. The molecule has 0 fully saturated rings. The topological polar surface area (TPSA) is 41.6 Å². The lowest BCUT2D eigenvalue weighted by atomic mass is 10.0. The van der Waals surface area contributed by atoms with Crippen molar-refractivity contribution in [3.05, 3.63) is 95.2 Å². The summed E-state index contributed by atoms with van der Waals surface area (Å²) in [5.74, 6) is -0.208. The van der Waals surface area contributed by atoms with Crippen LogP contribution in [0.15, 0.2) is 66.9 Å². The summed E-state index contributed by atoms with van der Waals surface area (Å²) in [5, 5.41) is 8.46. The predicted molar refractivity (Wildman–Crippen MR) is 98.5 cm³/mol. The van der Waals surface area contributed by atoms with Crippen LogP contribution in [0.1, 0.15) is 22.5 Å². The van der Waals surface area contributed by atoms with E-state index in [0.29, 0.717) is 6.42 Å². The third kappa shape index (κ3) is 3.48. The average molecular weight is 329 g/mol. The summed E-state index contributed by atoms with van der Waals surface area (Å²) in [7, 11) is 0. The Morgan fingerprint density at radius 2 is 1.84 bits per heavy atom. The molecular weight excluding hydrogens is 313 g/mol. The number of nitrogens with zero attached hydrogens (tertiary/aromatic N) is 2. The molecule has 0 spiro atoms. The summed E-state index contributed by atoms with van der Waals surface area (Å²) < 4.78 is 13.4. The number of rotatable bonds is 4. The Hall–Kier alpha value is -3.27. The highest BCUT2D eigenvalue weighted by molar-refractivity contribution is 5.89. The maximum atomic E-state index is 13.4. The minimum absolute atomic E-state index is 0.208. The van der Waals surface area contributed by atoms with E-state index in [4.69, 9.17) is 0 Å². The largest absolute Gasteiger partial charge is 0.277 e. The van der Waals surface area contributed by atoms with Gasteiger partial charge in [-0.1, -0.05) is 24.3 Å². The van der Waals surface area contributed by atoms with Crippen LogP contribution in [0.5, 0.6) is 0 Å². The summed E-state index contributed by atoms with van der Waals surface area (Å²) in [6.45, 7) is 0. The molecule has 25 heavy (non-hydrogen) atoms. The molecule has 4 aromatic rings. The Morgan fingerprint density at radius 1 is 0.920 bits per heavy atom. The second kappa shape index (κ2) is 6.69. The monoisotopic (exact) mass is 329 g/mol. The summed E-state index contributed by atoms with van der Waals surface area (Å²) in [5.41, 5.74) is 4.79. The van der Waals surface area contributed by atoms with Gasteiger partial charge in [-0.3, -0.25) is 10.1 Å². The van der Waals surface area contributed by atoms with Gasteiger partial charge in [0.15, 0.2) is 0 Å². The van der Waals surface area contributed by atoms with Crippen LogP contribution < -0.4 is 0 Å². The minimum Gasteiger partial charge on any atom is -0.277 e. The first-order valence-electron chi connectivity index (χ1n) is 8.08. The second-order valence-corrected chi connectivity index (χ2v) is 5.88. The molecule has 3 nitrogen and oxygen atoms in total. The smallest absolute Gasteiger partial charge is 0.123 e. The van der Waals surface area contributed by atoms with Crippen molar-refractivity contribution in [2.24, 2.45) is 0 Å². The third-order valence-electron chi connectivity index (χ3n) is 4.05. The van der Waals surface area contributed by atoms with Gasteiger partial charge in [-0.2, -0.15) is 5.10 Å². The van der Waals surface area contributed by atoms with Crippen LogP contribution in [0.3, 0.4) is 0 Å². The van der Waals surface area contributed by atoms with Gasteiger partial charge in [0.25, 0.3) is 0 Å². The van der Waals surface area contributed by atoms with Gasteiger partial charge in [0, 0.05) is 11.6 Å². The molecule has 4 rings (SSSR count). The molecule has 0 aliphatic rings. The number of aromatic nitrogens is 3. The first-order chi connectivity index (χ1) is 12.3. The Balaban J connectivity index is 1.64. The van der Waals surface area contributed by atoms with Crippen molar-refractivity contribution < 1.29 is 4.39 Å². The average Bonchev–Trinajstić information content (AvgIpc) is 3.03. The highest BCUT2D eigenvalue weighted by atomic mass is 19.1. The summed E-state index contributed by atoms with van der Waals surface area (Å²) in [6, 6.07) is 18.6. The van der Waals surface area contributed by atoms with E-state index in [0.717, 1.165) is 33.4 Å². The Bertz CT molecular complexity index is 1040. The number of fused-ring (bicyclic) bond motifs is 1. The number of H-pyrrole nitrogens is 1. The molecule has 0 aliphatic heterocycles. The quantitative estimate of drug-likeness (QED) is 0.581. The molecule has 0 aliphatic carbocycles. The molecule has 0 saturated carbocycles. The molecule has 122 valence electrons. The lowest BCUT2D eigenvalue weighted by Crippen LogP contribution is -1.89. The molecule has 4 heteroatoms. The molecule has 2 aromatic carbocycles. The number of hydrogen-bond acceptors (Lipinski definition) is 2. The first-order valence-corrected chi connectivity index (χ1v) is 8.08. The zero-order valence-electron chi connectivity index (χ0n) is 13.5. The molecule has 0 saturated heterocycles. The standard InChI is InChI=1S/C21H16FN3/c22-17-5-3-4-15(13-17)12-16-7-9-20-19(14-16)21(25-24-20)10-8-18-6-1-2-11-23-18/h1-11,13-14H,12H2,(H,24,25)/b10-8+. The molecule has 2 heterocycles. The third-order valence-corrected chi connectivity index (χ3v) is 4.05. The number of halogens is 1.